The number of aliphatic hydroxyl groups excluding tert-OH is 1. The Hall–Kier alpha value is -1.63. The van der Waals surface area contributed by atoms with Gasteiger partial charge in [0, 0.05) is 17.3 Å². The lowest BCUT2D eigenvalue weighted by Crippen LogP contribution is -2.30. The summed E-state index contributed by atoms with van der Waals surface area (Å²) in [5.41, 5.74) is 0. The molecule has 2 rings (SSSR count). The van der Waals surface area contributed by atoms with Gasteiger partial charge in [-0.05, 0) is 26.0 Å². The Morgan fingerprint density at radius 2 is 1.86 bits per heavy atom. The maximum absolute atomic E-state index is 12.4. The quantitative estimate of drug-likeness (QED) is 0.854. The molecule has 0 saturated heterocycles. The molecular formula is C15H19NO4S. The molecule has 1 atom stereocenters. The summed E-state index contributed by atoms with van der Waals surface area (Å²) < 4.78 is 32.6. The van der Waals surface area contributed by atoms with Gasteiger partial charge in [-0.2, -0.15) is 0 Å². The first-order valence-electron chi connectivity index (χ1n) is 6.78. The second-order valence-corrected chi connectivity index (χ2v) is 6.48. The van der Waals surface area contributed by atoms with E-state index >= 15 is 0 Å². The summed E-state index contributed by atoms with van der Waals surface area (Å²) in [4.78, 5) is 0.183. The first kappa shape index (κ1) is 15.8. The molecule has 0 amide bonds. The van der Waals surface area contributed by atoms with Crippen molar-refractivity contribution in [3.8, 4) is 5.75 Å². The highest BCUT2D eigenvalue weighted by molar-refractivity contribution is 7.89. The smallest absolute Gasteiger partial charge is 0.241 e. The van der Waals surface area contributed by atoms with Crippen LogP contribution >= 0.6 is 0 Å². The van der Waals surface area contributed by atoms with Crippen molar-refractivity contribution in [1.29, 1.82) is 0 Å². The number of aliphatic hydroxyl groups is 1. The number of sulfonamides is 1. The predicted octanol–water partition coefficient (Wildman–Crippen LogP) is 1.90. The molecule has 0 bridgehead atoms. The van der Waals surface area contributed by atoms with Crippen LogP contribution in [-0.2, 0) is 10.0 Å². The van der Waals surface area contributed by atoms with Crippen molar-refractivity contribution in [2.75, 3.05) is 13.2 Å². The fraction of sp³-hybridized carbons (Fsp3) is 0.333. The molecule has 21 heavy (non-hydrogen) atoms. The van der Waals surface area contributed by atoms with Gasteiger partial charge in [-0.3, -0.25) is 0 Å². The van der Waals surface area contributed by atoms with E-state index in [1.807, 2.05) is 19.1 Å². The van der Waals surface area contributed by atoms with Crippen molar-refractivity contribution in [2.45, 2.75) is 24.8 Å². The number of rotatable bonds is 6. The minimum absolute atomic E-state index is 0.0239. The Labute approximate surface area is 124 Å². The average Bonchev–Trinajstić information content (AvgIpc) is 2.46. The summed E-state index contributed by atoms with van der Waals surface area (Å²) in [5, 5.41) is 10.6. The number of hydrogen-bond donors (Lipinski definition) is 2. The molecule has 5 nitrogen and oxygen atoms in total. The van der Waals surface area contributed by atoms with Crippen LogP contribution in [0, 0.1) is 0 Å². The van der Waals surface area contributed by atoms with E-state index in [-0.39, 0.29) is 11.4 Å². The van der Waals surface area contributed by atoms with Gasteiger partial charge in [-0.1, -0.05) is 24.3 Å². The molecule has 2 aromatic carbocycles. The summed E-state index contributed by atoms with van der Waals surface area (Å²) in [7, 11) is -3.68. The SMILES string of the molecule is CCOc1ccc(S(=O)(=O)NCC(C)O)c2ccccc12. The van der Waals surface area contributed by atoms with Crippen molar-refractivity contribution in [2.24, 2.45) is 0 Å². The maximum Gasteiger partial charge on any atom is 0.241 e. The second kappa shape index (κ2) is 6.43. The topological polar surface area (TPSA) is 75.6 Å². The van der Waals surface area contributed by atoms with E-state index in [1.54, 1.807) is 18.2 Å². The van der Waals surface area contributed by atoms with Crippen LogP contribution in [-0.4, -0.2) is 32.8 Å². The summed E-state index contributed by atoms with van der Waals surface area (Å²) >= 11 is 0. The predicted molar refractivity (Wildman–Crippen MR) is 82.0 cm³/mol. The van der Waals surface area contributed by atoms with E-state index in [9.17, 15) is 13.5 Å². The molecule has 0 aromatic heterocycles. The molecule has 114 valence electrons. The monoisotopic (exact) mass is 309 g/mol. The van der Waals surface area contributed by atoms with Gasteiger partial charge in [0.1, 0.15) is 5.75 Å². The van der Waals surface area contributed by atoms with Crippen molar-refractivity contribution in [1.82, 2.24) is 4.72 Å². The molecule has 0 radical (unpaired) electrons. The molecule has 0 saturated carbocycles. The molecule has 0 heterocycles. The Bertz CT molecular complexity index is 726. The van der Waals surface area contributed by atoms with Crippen LogP contribution in [0.1, 0.15) is 13.8 Å². The highest BCUT2D eigenvalue weighted by atomic mass is 32.2. The Kier molecular flexibility index (Phi) is 4.82. The third-order valence-electron chi connectivity index (χ3n) is 3.00. The normalized spacial score (nSPS) is 13.3. The van der Waals surface area contributed by atoms with E-state index in [0.29, 0.717) is 17.7 Å². The second-order valence-electron chi connectivity index (χ2n) is 4.74. The number of ether oxygens (including phenoxy) is 1. The largest absolute Gasteiger partial charge is 0.493 e. The standard InChI is InChI=1S/C15H19NO4S/c1-3-20-14-8-9-15(13-7-5-4-6-12(13)14)21(18,19)16-10-11(2)17/h4-9,11,16-17H,3,10H2,1-2H3. The van der Waals surface area contributed by atoms with Crippen LogP contribution in [0.15, 0.2) is 41.3 Å². The lowest BCUT2D eigenvalue weighted by Gasteiger charge is -2.13. The van der Waals surface area contributed by atoms with Crippen LogP contribution in [0.25, 0.3) is 10.8 Å². The lowest BCUT2D eigenvalue weighted by molar-refractivity contribution is 0.198. The summed E-state index contributed by atoms with van der Waals surface area (Å²) in [6.07, 6.45) is -0.742. The van der Waals surface area contributed by atoms with Crippen LogP contribution < -0.4 is 9.46 Å². The molecule has 0 aliphatic rings. The van der Waals surface area contributed by atoms with E-state index in [0.717, 1.165) is 5.39 Å². The van der Waals surface area contributed by atoms with E-state index in [4.69, 9.17) is 4.74 Å². The minimum atomic E-state index is -3.68. The van der Waals surface area contributed by atoms with Gasteiger partial charge in [0.05, 0.1) is 17.6 Å². The zero-order valence-corrected chi connectivity index (χ0v) is 12.9. The highest BCUT2D eigenvalue weighted by Crippen LogP contribution is 2.30. The fourth-order valence-electron chi connectivity index (χ4n) is 2.07. The number of fused-ring (bicyclic) bond motifs is 1. The van der Waals surface area contributed by atoms with Crippen molar-refractivity contribution < 1.29 is 18.3 Å². The highest BCUT2D eigenvalue weighted by Gasteiger charge is 2.19. The summed E-state index contributed by atoms with van der Waals surface area (Å²) in [5.74, 6) is 0.655. The van der Waals surface area contributed by atoms with Crippen molar-refractivity contribution >= 4 is 20.8 Å². The Morgan fingerprint density at radius 3 is 2.48 bits per heavy atom. The van der Waals surface area contributed by atoms with Crippen molar-refractivity contribution in [3.05, 3.63) is 36.4 Å². The zero-order chi connectivity index (χ0) is 15.5. The molecule has 0 aliphatic heterocycles. The molecule has 1 unspecified atom stereocenters. The van der Waals surface area contributed by atoms with E-state index in [2.05, 4.69) is 4.72 Å². The first-order valence-corrected chi connectivity index (χ1v) is 8.26. The molecular weight excluding hydrogens is 290 g/mol. The Morgan fingerprint density at radius 1 is 1.19 bits per heavy atom. The fourth-order valence-corrected chi connectivity index (χ4v) is 3.40. The van der Waals surface area contributed by atoms with Gasteiger partial charge in [-0.25, -0.2) is 13.1 Å². The third-order valence-corrected chi connectivity index (χ3v) is 4.48. The van der Waals surface area contributed by atoms with Crippen LogP contribution in [0.5, 0.6) is 5.75 Å². The maximum atomic E-state index is 12.4. The molecule has 6 heteroatoms. The van der Waals surface area contributed by atoms with Crippen LogP contribution in [0.2, 0.25) is 0 Å². The molecule has 0 spiro atoms. The van der Waals surface area contributed by atoms with Gasteiger partial charge in [0.15, 0.2) is 0 Å². The first-order chi connectivity index (χ1) is 9.95. The van der Waals surface area contributed by atoms with Crippen LogP contribution in [0.3, 0.4) is 0 Å². The van der Waals surface area contributed by atoms with Gasteiger partial charge in [0.2, 0.25) is 10.0 Å². The zero-order valence-electron chi connectivity index (χ0n) is 12.0. The molecule has 2 aromatic rings. The van der Waals surface area contributed by atoms with E-state index in [1.165, 1.54) is 13.0 Å². The van der Waals surface area contributed by atoms with Crippen LogP contribution in [0.4, 0.5) is 0 Å². The summed E-state index contributed by atoms with van der Waals surface area (Å²) in [6.45, 7) is 3.89. The van der Waals surface area contributed by atoms with Gasteiger partial charge in [0.25, 0.3) is 0 Å². The minimum Gasteiger partial charge on any atom is -0.493 e. The molecule has 2 N–H and O–H groups in total. The summed E-state index contributed by atoms with van der Waals surface area (Å²) in [6, 6.07) is 10.4. The number of benzene rings is 2. The van der Waals surface area contributed by atoms with Gasteiger partial charge >= 0.3 is 0 Å². The number of nitrogens with one attached hydrogen (secondary N) is 1. The molecule has 0 aliphatic carbocycles. The molecule has 0 fully saturated rings. The van der Waals surface area contributed by atoms with Gasteiger partial charge < -0.3 is 9.84 Å². The Balaban J connectivity index is 2.53. The van der Waals surface area contributed by atoms with Gasteiger partial charge in [-0.15, -0.1) is 0 Å². The average molecular weight is 309 g/mol. The lowest BCUT2D eigenvalue weighted by atomic mass is 10.1. The van der Waals surface area contributed by atoms with Crippen molar-refractivity contribution in [3.63, 3.8) is 0 Å². The number of hydrogen-bond acceptors (Lipinski definition) is 4. The van der Waals surface area contributed by atoms with E-state index < -0.39 is 16.1 Å². The third kappa shape index (κ3) is 3.53.